The lowest BCUT2D eigenvalue weighted by Crippen LogP contribution is -2.00. The topological polar surface area (TPSA) is 53.3 Å². The van der Waals surface area contributed by atoms with Gasteiger partial charge in [-0.25, -0.2) is 0 Å². The first-order valence-electron chi connectivity index (χ1n) is 7.03. The van der Waals surface area contributed by atoms with E-state index >= 15 is 0 Å². The van der Waals surface area contributed by atoms with E-state index in [0.717, 1.165) is 5.56 Å². The fourth-order valence-corrected chi connectivity index (χ4v) is 1.94. The van der Waals surface area contributed by atoms with E-state index in [1.54, 1.807) is 43.4 Å². The minimum Gasteiger partial charge on any atom is -0.497 e. The van der Waals surface area contributed by atoms with Gasteiger partial charge in [0, 0.05) is 18.3 Å². The van der Waals surface area contributed by atoms with E-state index in [1.807, 2.05) is 26.0 Å². The van der Waals surface area contributed by atoms with Crippen LogP contribution in [0.2, 0.25) is 0 Å². The molecule has 2 rings (SSSR count). The second kappa shape index (κ2) is 6.93. The van der Waals surface area contributed by atoms with Crippen LogP contribution in [0.4, 0.5) is 0 Å². The van der Waals surface area contributed by atoms with Crippen molar-refractivity contribution in [2.24, 2.45) is 0 Å². The van der Waals surface area contributed by atoms with Gasteiger partial charge in [0.15, 0.2) is 5.78 Å². The van der Waals surface area contributed by atoms with E-state index in [2.05, 4.69) is 5.10 Å². The number of benzene rings is 1. The zero-order valence-electron chi connectivity index (χ0n) is 13.2. The second-order valence-corrected chi connectivity index (χ2v) is 5.15. The second-order valence-electron chi connectivity index (χ2n) is 5.15. The molecule has 5 nitrogen and oxygen atoms in total. The first-order valence-corrected chi connectivity index (χ1v) is 7.03. The number of aromatic nitrogens is 2. The van der Waals surface area contributed by atoms with Gasteiger partial charge in [-0.2, -0.15) is 5.10 Å². The maximum Gasteiger partial charge on any atom is 0.189 e. The molecular formula is C17H20N2O3. The van der Waals surface area contributed by atoms with Crippen molar-refractivity contribution in [2.75, 3.05) is 14.2 Å². The van der Waals surface area contributed by atoms with E-state index in [-0.39, 0.29) is 11.8 Å². The van der Waals surface area contributed by atoms with Gasteiger partial charge in [-0.15, -0.1) is 0 Å². The lowest BCUT2D eigenvalue weighted by atomic mass is 10.1. The van der Waals surface area contributed by atoms with Crippen molar-refractivity contribution >= 4 is 11.9 Å². The SMILES string of the molecule is COc1cc(/C=C\C(=O)c2cnn(C(C)C)c2)cc(OC)c1. The summed E-state index contributed by atoms with van der Waals surface area (Å²) in [4.78, 5) is 12.2. The third kappa shape index (κ3) is 3.75. The summed E-state index contributed by atoms with van der Waals surface area (Å²) in [6.07, 6.45) is 6.60. The largest absolute Gasteiger partial charge is 0.497 e. The molecule has 22 heavy (non-hydrogen) atoms. The average molecular weight is 300 g/mol. The zero-order chi connectivity index (χ0) is 16.1. The molecule has 1 aromatic carbocycles. The molecule has 1 heterocycles. The van der Waals surface area contributed by atoms with Crippen molar-refractivity contribution in [3.63, 3.8) is 0 Å². The number of methoxy groups -OCH3 is 2. The minimum atomic E-state index is -0.0892. The average Bonchev–Trinajstić information content (AvgIpc) is 3.02. The van der Waals surface area contributed by atoms with Crippen LogP contribution in [-0.4, -0.2) is 29.8 Å². The minimum absolute atomic E-state index is 0.0892. The number of ether oxygens (including phenoxy) is 2. The van der Waals surface area contributed by atoms with E-state index in [0.29, 0.717) is 17.1 Å². The molecule has 0 saturated heterocycles. The molecule has 0 spiro atoms. The maximum absolute atomic E-state index is 12.2. The Morgan fingerprint density at radius 2 is 1.82 bits per heavy atom. The van der Waals surface area contributed by atoms with Gasteiger partial charge in [0.05, 0.1) is 26.0 Å². The molecule has 0 N–H and O–H groups in total. The van der Waals surface area contributed by atoms with Gasteiger partial charge in [0.1, 0.15) is 11.5 Å². The van der Waals surface area contributed by atoms with Gasteiger partial charge in [-0.3, -0.25) is 9.48 Å². The van der Waals surface area contributed by atoms with Gasteiger partial charge in [-0.05, 0) is 37.6 Å². The number of rotatable bonds is 6. The predicted octanol–water partition coefficient (Wildman–Crippen LogP) is 3.38. The van der Waals surface area contributed by atoms with E-state index in [4.69, 9.17) is 9.47 Å². The Morgan fingerprint density at radius 1 is 1.18 bits per heavy atom. The highest BCUT2D eigenvalue weighted by Crippen LogP contribution is 2.23. The summed E-state index contributed by atoms with van der Waals surface area (Å²) in [6.45, 7) is 4.03. The molecule has 0 saturated carbocycles. The highest BCUT2D eigenvalue weighted by molar-refractivity contribution is 6.06. The maximum atomic E-state index is 12.2. The summed E-state index contributed by atoms with van der Waals surface area (Å²) in [6, 6.07) is 5.69. The van der Waals surface area contributed by atoms with Gasteiger partial charge in [0.2, 0.25) is 0 Å². The van der Waals surface area contributed by atoms with E-state index < -0.39 is 0 Å². The molecule has 0 radical (unpaired) electrons. The number of nitrogens with zero attached hydrogens (tertiary/aromatic N) is 2. The van der Waals surface area contributed by atoms with Crippen LogP contribution >= 0.6 is 0 Å². The lowest BCUT2D eigenvalue weighted by Gasteiger charge is -2.05. The van der Waals surface area contributed by atoms with Crippen molar-refractivity contribution in [3.05, 3.63) is 47.8 Å². The summed E-state index contributed by atoms with van der Waals surface area (Å²) in [5.74, 6) is 1.27. The zero-order valence-corrected chi connectivity index (χ0v) is 13.2. The monoisotopic (exact) mass is 300 g/mol. The quantitative estimate of drug-likeness (QED) is 0.606. The van der Waals surface area contributed by atoms with Crippen LogP contribution in [0.3, 0.4) is 0 Å². The molecule has 0 bridgehead atoms. The molecule has 0 aliphatic carbocycles. The summed E-state index contributed by atoms with van der Waals surface area (Å²) in [5, 5.41) is 4.17. The smallest absolute Gasteiger partial charge is 0.189 e. The normalized spacial score (nSPS) is 11.1. The van der Waals surface area contributed by atoms with Crippen LogP contribution in [-0.2, 0) is 0 Å². The number of carbonyl (C=O) groups is 1. The molecule has 0 atom stereocenters. The number of allylic oxidation sites excluding steroid dienone is 1. The van der Waals surface area contributed by atoms with Crippen molar-refractivity contribution in [1.82, 2.24) is 9.78 Å². The van der Waals surface area contributed by atoms with Crippen LogP contribution in [0.25, 0.3) is 6.08 Å². The fraction of sp³-hybridized carbons (Fsp3) is 0.294. The number of carbonyl (C=O) groups excluding carboxylic acids is 1. The number of hydrogen-bond donors (Lipinski definition) is 0. The third-order valence-electron chi connectivity index (χ3n) is 3.22. The van der Waals surface area contributed by atoms with Gasteiger partial charge < -0.3 is 9.47 Å². The summed E-state index contributed by atoms with van der Waals surface area (Å²) in [5.41, 5.74) is 1.40. The Morgan fingerprint density at radius 3 is 2.32 bits per heavy atom. The summed E-state index contributed by atoms with van der Waals surface area (Å²) >= 11 is 0. The van der Waals surface area contributed by atoms with Crippen LogP contribution < -0.4 is 9.47 Å². The first kappa shape index (κ1) is 15.8. The molecule has 0 amide bonds. The highest BCUT2D eigenvalue weighted by Gasteiger charge is 2.07. The number of hydrogen-bond acceptors (Lipinski definition) is 4. The third-order valence-corrected chi connectivity index (χ3v) is 3.22. The van der Waals surface area contributed by atoms with Crippen molar-refractivity contribution < 1.29 is 14.3 Å². The molecule has 0 unspecified atom stereocenters. The van der Waals surface area contributed by atoms with Gasteiger partial charge in [0.25, 0.3) is 0 Å². The van der Waals surface area contributed by atoms with Crippen LogP contribution in [0.15, 0.2) is 36.7 Å². The van der Waals surface area contributed by atoms with Gasteiger partial charge in [-0.1, -0.05) is 6.08 Å². The van der Waals surface area contributed by atoms with Crippen LogP contribution in [0.5, 0.6) is 11.5 Å². The Hall–Kier alpha value is -2.56. The Balaban J connectivity index is 2.18. The van der Waals surface area contributed by atoms with Gasteiger partial charge >= 0.3 is 0 Å². The molecule has 1 aromatic heterocycles. The predicted molar refractivity (Wildman–Crippen MR) is 85.5 cm³/mol. The van der Waals surface area contributed by atoms with E-state index in [9.17, 15) is 4.79 Å². The highest BCUT2D eigenvalue weighted by atomic mass is 16.5. The van der Waals surface area contributed by atoms with Crippen molar-refractivity contribution in [2.45, 2.75) is 19.9 Å². The molecule has 0 fully saturated rings. The molecule has 2 aromatic rings. The molecular weight excluding hydrogens is 280 g/mol. The van der Waals surface area contributed by atoms with Crippen molar-refractivity contribution in [1.29, 1.82) is 0 Å². The van der Waals surface area contributed by atoms with Crippen LogP contribution in [0, 0.1) is 0 Å². The molecule has 116 valence electrons. The van der Waals surface area contributed by atoms with Crippen molar-refractivity contribution in [3.8, 4) is 11.5 Å². The molecule has 5 heteroatoms. The molecule has 0 aliphatic rings. The summed E-state index contributed by atoms with van der Waals surface area (Å²) in [7, 11) is 3.18. The standard InChI is InChI=1S/C17H20N2O3/c1-12(2)19-11-14(10-18-19)17(20)6-5-13-7-15(21-3)9-16(8-13)22-4/h5-12H,1-4H3/b6-5-. The lowest BCUT2D eigenvalue weighted by molar-refractivity contribution is 0.104. The Kier molecular flexibility index (Phi) is 4.99. The Labute approximate surface area is 130 Å². The van der Waals surface area contributed by atoms with E-state index in [1.165, 1.54) is 6.08 Å². The number of ketones is 1. The first-order chi connectivity index (χ1) is 10.5. The molecule has 0 aliphatic heterocycles. The Bertz CT molecular complexity index is 665. The summed E-state index contributed by atoms with van der Waals surface area (Å²) < 4.78 is 12.2. The fourth-order valence-electron chi connectivity index (χ4n) is 1.94. The van der Waals surface area contributed by atoms with Crippen LogP contribution in [0.1, 0.15) is 35.8 Å².